The minimum Gasteiger partial charge on any atom is -0.467 e. The van der Waals surface area contributed by atoms with Crippen LogP contribution in [0.2, 0.25) is 0 Å². The van der Waals surface area contributed by atoms with Crippen molar-refractivity contribution in [2.24, 2.45) is 0 Å². The van der Waals surface area contributed by atoms with E-state index in [1.165, 1.54) is 0 Å². The summed E-state index contributed by atoms with van der Waals surface area (Å²) in [5.74, 6) is 0.741. The lowest BCUT2D eigenvalue weighted by molar-refractivity contribution is -0.121. The van der Waals surface area contributed by atoms with Crippen LogP contribution < -0.4 is 10.9 Å². The van der Waals surface area contributed by atoms with Gasteiger partial charge in [-0.25, -0.2) is 0 Å². The van der Waals surface area contributed by atoms with E-state index in [0.29, 0.717) is 29.7 Å². The Morgan fingerprint density at radius 2 is 2.00 bits per heavy atom. The summed E-state index contributed by atoms with van der Waals surface area (Å²) in [5.41, 5.74) is 0.688. The number of nitrogens with zero attached hydrogens (tertiary/aromatic N) is 1. The largest absolute Gasteiger partial charge is 0.467 e. The molecule has 2 heterocycles. The summed E-state index contributed by atoms with van der Waals surface area (Å²) in [4.78, 5) is 27.4. The number of carbonyl (C=O) groups excluding carboxylic acids is 1. The third-order valence-electron chi connectivity index (χ3n) is 4.21. The summed E-state index contributed by atoms with van der Waals surface area (Å²) >= 11 is 5.29. The van der Waals surface area contributed by atoms with Gasteiger partial charge >= 0.3 is 0 Å². The highest BCUT2D eigenvalue weighted by molar-refractivity contribution is 7.71. The van der Waals surface area contributed by atoms with Gasteiger partial charge in [-0.1, -0.05) is 18.6 Å². The van der Waals surface area contributed by atoms with Gasteiger partial charge in [0.2, 0.25) is 5.91 Å². The SMILES string of the molecule is O=C(CCCCCn1c(=S)[nH]c2ccccc2c1=O)NCc1ccco1. The first kappa shape index (κ1) is 18.1. The van der Waals surface area contributed by atoms with Gasteiger partial charge in [0.15, 0.2) is 4.77 Å². The standard InChI is InChI=1S/C19H21N3O3S/c23-17(20-13-14-7-6-12-25-14)10-2-1-5-11-22-18(24)15-8-3-4-9-16(15)21-19(22)26/h3-4,6-9,12H,1-2,5,10-11,13H2,(H,20,23)(H,21,26). The molecule has 0 saturated heterocycles. The molecule has 1 amide bonds. The second-order valence-corrected chi connectivity index (χ2v) is 6.49. The topological polar surface area (TPSA) is 80.0 Å². The van der Waals surface area contributed by atoms with Crippen molar-refractivity contribution in [3.63, 3.8) is 0 Å². The molecular weight excluding hydrogens is 350 g/mol. The zero-order valence-corrected chi connectivity index (χ0v) is 15.2. The van der Waals surface area contributed by atoms with Crippen LogP contribution >= 0.6 is 12.2 Å². The third kappa shape index (κ3) is 4.49. The summed E-state index contributed by atoms with van der Waals surface area (Å²) < 4.78 is 7.20. The maximum atomic E-state index is 12.5. The number of amides is 1. The van der Waals surface area contributed by atoms with Gasteiger partial charge in [-0.2, -0.15) is 0 Å². The number of unbranched alkanes of at least 4 members (excludes halogenated alkanes) is 2. The second-order valence-electron chi connectivity index (χ2n) is 6.10. The lowest BCUT2D eigenvalue weighted by atomic mass is 10.2. The fraction of sp³-hybridized carbons (Fsp3) is 0.316. The van der Waals surface area contributed by atoms with Gasteiger partial charge in [0, 0.05) is 13.0 Å². The fourth-order valence-electron chi connectivity index (χ4n) is 2.82. The molecule has 26 heavy (non-hydrogen) atoms. The van der Waals surface area contributed by atoms with Crippen LogP contribution in [0, 0.1) is 4.77 Å². The molecule has 0 spiro atoms. The van der Waals surface area contributed by atoms with Crippen molar-refractivity contribution in [1.29, 1.82) is 0 Å². The summed E-state index contributed by atoms with van der Waals surface area (Å²) in [6, 6.07) is 11.0. The van der Waals surface area contributed by atoms with Crippen LogP contribution in [0.3, 0.4) is 0 Å². The molecule has 0 bridgehead atoms. The molecule has 0 radical (unpaired) electrons. The van der Waals surface area contributed by atoms with Crippen molar-refractivity contribution < 1.29 is 9.21 Å². The zero-order valence-electron chi connectivity index (χ0n) is 14.4. The van der Waals surface area contributed by atoms with Crippen molar-refractivity contribution in [1.82, 2.24) is 14.9 Å². The Balaban J connectivity index is 1.45. The number of aromatic nitrogens is 2. The minimum atomic E-state index is -0.0689. The number of hydrogen-bond donors (Lipinski definition) is 2. The highest BCUT2D eigenvalue weighted by Gasteiger charge is 2.06. The third-order valence-corrected chi connectivity index (χ3v) is 4.54. The molecule has 6 nitrogen and oxygen atoms in total. The Labute approximate surface area is 155 Å². The maximum Gasteiger partial charge on any atom is 0.262 e. The molecular formula is C19H21N3O3S. The first-order valence-corrected chi connectivity index (χ1v) is 9.07. The molecule has 0 unspecified atom stereocenters. The quantitative estimate of drug-likeness (QED) is 0.469. The lowest BCUT2D eigenvalue weighted by Crippen LogP contribution is -2.23. The number of benzene rings is 1. The smallest absolute Gasteiger partial charge is 0.262 e. The highest BCUT2D eigenvalue weighted by atomic mass is 32.1. The Morgan fingerprint density at radius 3 is 2.81 bits per heavy atom. The van der Waals surface area contributed by atoms with Crippen molar-refractivity contribution in [2.75, 3.05) is 0 Å². The summed E-state index contributed by atoms with van der Waals surface area (Å²) in [5, 5.41) is 3.46. The molecule has 1 aromatic carbocycles. The van der Waals surface area contributed by atoms with Crippen LogP contribution in [-0.2, 0) is 17.9 Å². The van der Waals surface area contributed by atoms with Crippen LogP contribution in [0.1, 0.15) is 31.4 Å². The number of carbonyl (C=O) groups is 1. The zero-order chi connectivity index (χ0) is 18.4. The molecule has 0 atom stereocenters. The van der Waals surface area contributed by atoms with Crippen LogP contribution in [-0.4, -0.2) is 15.5 Å². The van der Waals surface area contributed by atoms with Crippen molar-refractivity contribution in [3.8, 4) is 0 Å². The van der Waals surface area contributed by atoms with Crippen molar-refractivity contribution in [2.45, 2.75) is 38.8 Å². The molecule has 136 valence electrons. The molecule has 0 fully saturated rings. The number of aromatic amines is 1. The van der Waals surface area contributed by atoms with Gasteiger partial charge in [-0.15, -0.1) is 0 Å². The van der Waals surface area contributed by atoms with Gasteiger partial charge in [-0.3, -0.25) is 14.2 Å². The summed E-state index contributed by atoms with van der Waals surface area (Å²) in [6.45, 7) is 0.959. The van der Waals surface area contributed by atoms with Gasteiger partial charge in [-0.05, 0) is 49.3 Å². The van der Waals surface area contributed by atoms with E-state index >= 15 is 0 Å². The Kier molecular flexibility index (Phi) is 6.01. The number of para-hydroxylation sites is 1. The Morgan fingerprint density at radius 1 is 1.15 bits per heavy atom. The molecule has 3 aromatic rings. The second kappa shape index (κ2) is 8.62. The van der Waals surface area contributed by atoms with Crippen LogP contribution in [0.15, 0.2) is 51.9 Å². The number of fused-ring (bicyclic) bond motifs is 1. The number of furan rings is 1. The Bertz CT molecular complexity index is 989. The molecule has 0 saturated carbocycles. The first-order valence-electron chi connectivity index (χ1n) is 8.66. The number of H-pyrrole nitrogens is 1. The first-order chi connectivity index (χ1) is 12.6. The summed E-state index contributed by atoms with van der Waals surface area (Å²) in [7, 11) is 0. The molecule has 2 N–H and O–H groups in total. The van der Waals surface area contributed by atoms with E-state index < -0.39 is 0 Å². The maximum absolute atomic E-state index is 12.5. The van der Waals surface area contributed by atoms with E-state index in [1.807, 2.05) is 24.3 Å². The van der Waals surface area contributed by atoms with Gasteiger partial charge in [0.05, 0.1) is 23.7 Å². The fourth-order valence-corrected chi connectivity index (χ4v) is 3.11. The van der Waals surface area contributed by atoms with Crippen LogP contribution in [0.25, 0.3) is 10.9 Å². The Hall–Kier alpha value is -2.67. The number of nitrogens with one attached hydrogen (secondary N) is 2. The number of hydrogen-bond acceptors (Lipinski definition) is 4. The van der Waals surface area contributed by atoms with E-state index in [9.17, 15) is 9.59 Å². The van der Waals surface area contributed by atoms with Crippen LogP contribution in [0.5, 0.6) is 0 Å². The molecule has 0 aliphatic rings. The molecule has 3 rings (SSSR count). The summed E-state index contributed by atoms with van der Waals surface area (Å²) in [6.07, 6.45) is 4.45. The predicted octanol–water partition coefficient (Wildman–Crippen LogP) is 3.53. The van der Waals surface area contributed by atoms with Gasteiger partial charge in [0.25, 0.3) is 5.56 Å². The van der Waals surface area contributed by atoms with E-state index in [-0.39, 0.29) is 11.5 Å². The number of rotatable bonds is 8. The van der Waals surface area contributed by atoms with E-state index in [2.05, 4.69) is 10.3 Å². The molecule has 2 aromatic heterocycles. The van der Waals surface area contributed by atoms with Gasteiger partial charge in [0.1, 0.15) is 5.76 Å². The lowest BCUT2D eigenvalue weighted by Gasteiger charge is -2.08. The minimum absolute atomic E-state index is 0.00145. The highest BCUT2D eigenvalue weighted by Crippen LogP contribution is 2.08. The van der Waals surface area contributed by atoms with Gasteiger partial charge < -0.3 is 14.7 Å². The van der Waals surface area contributed by atoms with Crippen molar-refractivity contribution >= 4 is 29.0 Å². The molecule has 7 heteroatoms. The average Bonchev–Trinajstić information content (AvgIpc) is 3.15. The normalized spacial score (nSPS) is 10.9. The van der Waals surface area contributed by atoms with Crippen LogP contribution in [0.4, 0.5) is 0 Å². The van der Waals surface area contributed by atoms with E-state index in [4.69, 9.17) is 16.6 Å². The molecule has 0 aliphatic heterocycles. The average molecular weight is 371 g/mol. The van der Waals surface area contributed by atoms with E-state index in [0.717, 1.165) is 30.5 Å². The van der Waals surface area contributed by atoms with E-state index in [1.54, 1.807) is 23.0 Å². The van der Waals surface area contributed by atoms with Crippen molar-refractivity contribution in [3.05, 3.63) is 63.5 Å². The molecule has 0 aliphatic carbocycles. The monoisotopic (exact) mass is 371 g/mol. The predicted molar refractivity (Wildman–Crippen MR) is 102 cm³/mol.